The lowest BCUT2D eigenvalue weighted by atomic mass is 10.1. The molecule has 0 aliphatic heterocycles. The van der Waals surface area contributed by atoms with Crippen molar-refractivity contribution in [2.24, 2.45) is 5.10 Å². The zero-order valence-corrected chi connectivity index (χ0v) is 17.6. The van der Waals surface area contributed by atoms with Crippen molar-refractivity contribution in [3.8, 4) is 5.75 Å². The van der Waals surface area contributed by atoms with E-state index in [4.69, 9.17) is 9.26 Å². The number of fused-ring (bicyclic) bond motifs is 1. The van der Waals surface area contributed by atoms with E-state index < -0.39 is 11.5 Å². The van der Waals surface area contributed by atoms with Gasteiger partial charge in [-0.25, -0.2) is 10.1 Å². The molecular formula is C23H21N5O4. The quantitative estimate of drug-likeness (QED) is 0.355. The molecule has 162 valence electrons. The summed E-state index contributed by atoms with van der Waals surface area (Å²) in [6.07, 6.45) is 1.90. The minimum Gasteiger partial charge on any atom is -0.496 e. The van der Waals surface area contributed by atoms with Gasteiger partial charge in [-0.1, -0.05) is 47.6 Å². The highest BCUT2D eigenvalue weighted by atomic mass is 16.5. The Hall–Kier alpha value is -4.27. The first-order chi connectivity index (χ1) is 15.6. The minimum atomic E-state index is -0.495. The number of amides is 1. The first-order valence-electron chi connectivity index (χ1n) is 9.91. The van der Waals surface area contributed by atoms with Crippen molar-refractivity contribution in [3.63, 3.8) is 0 Å². The second-order valence-corrected chi connectivity index (χ2v) is 7.08. The van der Waals surface area contributed by atoms with E-state index in [-0.39, 0.29) is 6.54 Å². The fourth-order valence-corrected chi connectivity index (χ4v) is 3.31. The van der Waals surface area contributed by atoms with E-state index >= 15 is 0 Å². The van der Waals surface area contributed by atoms with Crippen LogP contribution in [0.5, 0.6) is 5.75 Å². The largest absolute Gasteiger partial charge is 0.496 e. The molecule has 2 aromatic heterocycles. The number of carbonyl (C=O) groups is 1. The molecule has 0 bridgehead atoms. The van der Waals surface area contributed by atoms with Gasteiger partial charge < -0.3 is 9.26 Å². The van der Waals surface area contributed by atoms with Gasteiger partial charge in [0.05, 0.1) is 19.0 Å². The highest BCUT2D eigenvalue weighted by Gasteiger charge is 2.19. The SMILES string of the molecule is COc1ccccc1/C=N/NC(=O)Cn1nc(Cc2ccccc2)c2onc(C)c2c1=O. The first kappa shape index (κ1) is 21.0. The van der Waals surface area contributed by atoms with Crippen LogP contribution < -0.4 is 15.7 Å². The molecule has 2 aromatic carbocycles. The predicted octanol–water partition coefficient (Wildman–Crippen LogP) is 2.44. The van der Waals surface area contributed by atoms with Gasteiger partial charge >= 0.3 is 0 Å². The lowest BCUT2D eigenvalue weighted by Crippen LogP contribution is -2.32. The summed E-state index contributed by atoms with van der Waals surface area (Å²) in [4.78, 5) is 25.3. The monoisotopic (exact) mass is 431 g/mol. The van der Waals surface area contributed by atoms with Crippen molar-refractivity contribution in [2.45, 2.75) is 19.9 Å². The van der Waals surface area contributed by atoms with Crippen LogP contribution >= 0.6 is 0 Å². The summed E-state index contributed by atoms with van der Waals surface area (Å²) in [5.41, 5.74) is 4.98. The van der Waals surface area contributed by atoms with Gasteiger partial charge in [0.2, 0.25) is 0 Å². The van der Waals surface area contributed by atoms with Crippen LogP contribution in [0.25, 0.3) is 11.0 Å². The third kappa shape index (κ3) is 4.41. The van der Waals surface area contributed by atoms with E-state index in [1.54, 1.807) is 26.2 Å². The number of hydrogen-bond acceptors (Lipinski definition) is 7. The number of hydrogen-bond donors (Lipinski definition) is 1. The Labute approximate surface area is 183 Å². The molecule has 1 amide bonds. The summed E-state index contributed by atoms with van der Waals surface area (Å²) in [6, 6.07) is 16.9. The Bertz CT molecular complexity index is 1340. The number of ether oxygens (including phenoxy) is 1. The number of aromatic nitrogens is 3. The Morgan fingerprint density at radius 1 is 1.19 bits per heavy atom. The van der Waals surface area contributed by atoms with Gasteiger partial charge in [-0.3, -0.25) is 9.59 Å². The molecular weight excluding hydrogens is 410 g/mol. The van der Waals surface area contributed by atoms with Crippen molar-refractivity contribution in [3.05, 3.63) is 87.5 Å². The molecule has 0 aliphatic rings. The van der Waals surface area contributed by atoms with E-state index in [1.165, 1.54) is 6.21 Å². The van der Waals surface area contributed by atoms with Crippen molar-refractivity contribution < 1.29 is 14.1 Å². The molecule has 4 aromatic rings. The Morgan fingerprint density at radius 3 is 2.72 bits per heavy atom. The van der Waals surface area contributed by atoms with E-state index in [2.05, 4.69) is 20.8 Å². The number of nitrogens with one attached hydrogen (secondary N) is 1. The highest BCUT2D eigenvalue weighted by Crippen LogP contribution is 2.19. The van der Waals surface area contributed by atoms with Crippen LogP contribution in [0.15, 0.2) is 69.0 Å². The molecule has 9 nitrogen and oxygen atoms in total. The fourth-order valence-electron chi connectivity index (χ4n) is 3.31. The van der Waals surface area contributed by atoms with Crippen LogP contribution in [0.4, 0.5) is 0 Å². The lowest BCUT2D eigenvalue weighted by molar-refractivity contribution is -0.121. The van der Waals surface area contributed by atoms with Gasteiger partial charge in [0.25, 0.3) is 11.5 Å². The number of rotatable bonds is 7. The number of para-hydroxylation sites is 1. The second kappa shape index (κ2) is 9.25. The number of benzene rings is 2. The van der Waals surface area contributed by atoms with Gasteiger partial charge in [0.15, 0.2) is 5.58 Å². The molecule has 9 heteroatoms. The summed E-state index contributed by atoms with van der Waals surface area (Å²) in [5, 5.41) is 12.6. The molecule has 32 heavy (non-hydrogen) atoms. The molecule has 0 saturated heterocycles. The lowest BCUT2D eigenvalue weighted by Gasteiger charge is -2.08. The third-order valence-corrected chi connectivity index (χ3v) is 4.85. The number of carbonyl (C=O) groups excluding carboxylic acids is 1. The molecule has 0 aliphatic carbocycles. The maximum atomic E-state index is 12.9. The van der Waals surface area contributed by atoms with Crippen LogP contribution in [0.3, 0.4) is 0 Å². The van der Waals surface area contributed by atoms with Crippen LogP contribution in [0.1, 0.15) is 22.5 Å². The molecule has 4 rings (SSSR count). The molecule has 0 unspecified atom stereocenters. The van der Waals surface area contributed by atoms with Crippen LogP contribution in [-0.4, -0.2) is 34.2 Å². The van der Waals surface area contributed by atoms with E-state index in [1.807, 2.05) is 42.5 Å². The Kier molecular flexibility index (Phi) is 6.07. The summed E-state index contributed by atoms with van der Waals surface area (Å²) in [7, 11) is 1.55. The van der Waals surface area contributed by atoms with Gasteiger partial charge in [0, 0.05) is 12.0 Å². The maximum Gasteiger partial charge on any atom is 0.280 e. The van der Waals surface area contributed by atoms with E-state index in [0.717, 1.165) is 10.2 Å². The molecule has 0 radical (unpaired) electrons. The van der Waals surface area contributed by atoms with Gasteiger partial charge in [0.1, 0.15) is 23.4 Å². The molecule has 0 fully saturated rings. The Morgan fingerprint density at radius 2 is 1.94 bits per heavy atom. The average molecular weight is 431 g/mol. The standard InChI is InChI=1S/C23H21N5O4/c1-15-21-22(32-27-15)18(12-16-8-4-3-5-9-16)26-28(23(21)30)14-20(29)25-24-13-17-10-6-7-11-19(17)31-2/h3-11,13H,12,14H2,1-2H3,(H,25,29)/b24-13+. The van der Waals surface area contributed by atoms with Crippen LogP contribution in [-0.2, 0) is 17.8 Å². The number of nitrogens with zero attached hydrogens (tertiary/aromatic N) is 4. The first-order valence-corrected chi connectivity index (χ1v) is 9.91. The van der Waals surface area contributed by atoms with Crippen molar-refractivity contribution in [1.29, 1.82) is 0 Å². The predicted molar refractivity (Wildman–Crippen MR) is 119 cm³/mol. The third-order valence-electron chi connectivity index (χ3n) is 4.85. The molecule has 0 spiro atoms. The topological polar surface area (TPSA) is 112 Å². The van der Waals surface area contributed by atoms with Gasteiger partial charge in [-0.15, -0.1) is 0 Å². The summed E-state index contributed by atoms with van der Waals surface area (Å²) in [5.74, 6) is 0.132. The second-order valence-electron chi connectivity index (χ2n) is 7.08. The Balaban J connectivity index is 1.57. The summed E-state index contributed by atoms with van der Waals surface area (Å²) < 4.78 is 11.7. The van der Waals surface area contributed by atoms with Gasteiger partial charge in [-0.2, -0.15) is 10.2 Å². The number of methoxy groups -OCH3 is 1. The minimum absolute atomic E-state index is 0.301. The highest BCUT2D eigenvalue weighted by molar-refractivity contribution is 5.85. The van der Waals surface area contributed by atoms with Crippen LogP contribution in [0.2, 0.25) is 0 Å². The zero-order chi connectivity index (χ0) is 22.5. The van der Waals surface area contributed by atoms with Crippen LogP contribution in [0, 0.1) is 6.92 Å². The molecule has 1 N–H and O–H groups in total. The number of hydrazone groups is 1. The smallest absolute Gasteiger partial charge is 0.280 e. The van der Waals surface area contributed by atoms with Crippen molar-refractivity contribution in [1.82, 2.24) is 20.4 Å². The van der Waals surface area contributed by atoms with E-state index in [9.17, 15) is 9.59 Å². The number of aryl methyl sites for hydroxylation is 1. The summed E-state index contributed by atoms with van der Waals surface area (Å²) >= 11 is 0. The van der Waals surface area contributed by atoms with Crippen molar-refractivity contribution in [2.75, 3.05) is 7.11 Å². The molecule has 2 heterocycles. The fraction of sp³-hybridized carbons (Fsp3) is 0.174. The maximum absolute atomic E-state index is 12.9. The molecule has 0 saturated carbocycles. The average Bonchev–Trinajstić information content (AvgIpc) is 3.20. The zero-order valence-electron chi connectivity index (χ0n) is 17.6. The van der Waals surface area contributed by atoms with E-state index in [0.29, 0.717) is 40.1 Å². The molecule has 0 atom stereocenters. The normalized spacial score (nSPS) is 11.2. The van der Waals surface area contributed by atoms with Crippen molar-refractivity contribution >= 4 is 23.1 Å². The summed E-state index contributed by atoms with van der Waals surface area (Å²) in [6.45, 7) is 1.38. The van der Waals surface area contributed by atoms with Gasteiger partial charge in [-0.05, 0) is 24.6 Å².